The van der Waals surface area contributed by atoms with Gasteiger partial charge in [0.2, 0.25) is 0 Å². The third-order valence-electron chi connectivity index (χ3n) is 1.81. The number of nitrogens with two attached hydrogens (primary N) is 1. The van der Waals surface area contributed by atoms with Gasteiger partial charge in [0.05, 0.1) is 13.2 Å². The summed E-state index contributed by atoms with van der Waals surface area (Å²) in [5, 5.41) is 9.61. The smallest absolute Gasteiger partial charge is 0.124 e. The Morgan fingerprint density at radius 1 is 1.54 bits per heavy atom. The maximum Gasteiger partial charge on any atom is 0.124 e. The summed E-state index contributed by atoms with van der Waals surface area (Å²) in [5.74, 6) is 5.78. The van der Waals surface area contributed by atoms with Gasteiger partial charge in [-0.05, 0) is 6.07 Å². The molecule has 72 valence electrons. The third-order valence-corrected chi connectivity index (χ3v) is 1.81. The van der Waals surface area contributed by atoms with E-state index in [0.29, 0.717) is 12.3 Å². The summed E-state index contributed by atoms with van der Waals surface area (Å²) in [7, 11) is 1.57. The van der Waals surface area contributed by atoms with E-state index in [2.05, 4.69) is 5.43 Å². The quantitative estimate of drug-likeness (QED) is 0.459. The van der Waals surface area contributed by atoms with Gasteiger partial charge in [-0.2, -0.15) is 0 Å². The fourth-order valence-electron chi connectivity index (χ4n) is 1.16. The molecule has 0 saturated carbocycles. The fourth-order valence-corrected chi connectivity index (χ4v) is 1.16. The minimum absolute atomic E-state index is 0.306. The van der Waals surface area contributed by atoms with Crippen molar-refractivity contribution in [2.24, 2.45) is 5.84 Å². The summed E-state index contributed by atoms with van der Waals surface area (Å²) < 4.78 is 5.08. The maximum atomic E-state index is 9.61. The second-order valence-electron chi connectivity index (χ2n) is 2.67. The van der Waals surface area contributed by atoms with Gasteiger partial charge >= 0.3 is 0 Å². The van der Waals surface area contributed by atoms with E-state index in [9.17, 15) is 5.11 Å². The van der Waals surface area contributed by atoms with Crippen LogP contribution in [0, 0.1) is 0 Å². The van der Waals surface area contributed by atoms with E-state index in [0.717, 1.165) is 5.56 Å². The van der Waals surface area contributed by atoms with Crippen LogP contribution >= 0.6 is 0 Å². The number of nitrogens with one attached hydrogen (secondary N) is 1. The Morgan fingerprint density at radius 2 is 2.23 bits per heavy atom. The van der Waals surface area contributed by atoms with Crippen molar-refractivity contribution in [1.82, 2.24) is 5.43 Å². The first-order chi connectivity index (χ1) is 6.29. The molecule has 13 heavy (non-hydrogen) atoms. The number of para-hydroxylation sites is 1. The lowest BCUT2D eigenvalue weighted by atomic mass is 10.1. The Bertz CT molecular complexity index is 266. The number of hydrogen-bond donors (Lipinski definition) is 3. The minimum atomic E-state index is -0.638. The predicted molar refractivity (Wildman–Crippen MR) is 50.1 cm³/mol. The molecule has 0 bridgehead atoms. The summed E-state index contributed by atoms with van der Waals surface area (Å²) >= 11 is 0. The zero-order valence-electron chi connectivity index (χ0n) is 7.53. The Hall–Kier alpha value is -1.10. The Morgan fingerprint density at radius 3 is 2.85 bits per heavy atom. The van der Waals surface area contributed by atoms with Crippen molar-refractivity contribution in [2.75, 3.05) is 13.7 Å². The highest BCUT2D eigenvalue weighted by Crippen LogP contribution is 2.23. The van der Waals surface area contributed by atoms with Gasteiger partial charge in [-0.15, -0.1) is 0 Å². The van der Waals surface area contributed by atoms with E-state index in [-0.39, 0.29) is 0 Å². The highest BCUT2D eigenvalue weighted by Gasteiger charge is 2.10. The van der Waals surface area contributed by atoms with Crippen LogP contribution < -0.4 is 16.0 Å². The molecule has 0 radical (unpaired) electrons. The monoisotopic (exact) mass is 182 g/mol. The summed E-state index contributed by atoms with van der Waals surface area (Å²) in [5.41, 5.74) is 3.15. The molecule has 4 heteroatoms. The highest BCUT2D eigenvalue weighted by atomic mass is 16.5. The Balaban J connectivity index is 2.85. The van der Waals surface area contributed by atoms with Gasteiger partial charge in [-0.3, -0.25) is 11.3 Å². The van der Waals surface area contributed by atoms with Crippen LogP contribution in [0.5, 0.6) is 5.75 Å². The molecule has 0 fully saturated rings. The topological polar surface area (TPSA) is 67.5 Å². The van der Waals surface area contributed by atoms with E-state index in [1.165, 1.54) is 0 Å². The summed E-state index contributed by atoms with van der Waals surface area (Å²) in [6.07, 6.45) is -0.638. The first kappa shape index (κ1) is 9.98. The van der Waals surface area contributed by atoms with E-state index in [1.807, 2.05) is 12.1 Å². The highest BCUT2D eigenvalue weighted by molar-refractivity contribution is 5.35. The van der Waals surface area contributed by atoms with Gasteiger partial charge < -0.3 is 9.84 Å². The molecule has 0 amide bonds. The molecule has 4 N–H and O–H groups in total. The van der Waals surface area contributed by atoms with Crippen molar-refractivity contribution in [1.29, 1.82) is 0 Å². The molecular weight excluding hydrogens is 168 g/mol. The number of aliphatic hydroxyl groups is 1. The fraction of sp³-hybridized carbons (Fsp3) is 0.333. The Labute approximate surface area is 77.3 Å². The van der Waals surface area contributed by atoms with Crippen molar-refractivity contribution in [2.45, 2.75) is 6.10 Å². The van der Waals surface area contributed by atoms with Crippen molar-refractivity contribution < 1.29 is 9.84 Å². The second-order valence-corrected chi connectivity index (χ2v) is 2.67. The summed E-state index contributed by atoms with van der Waals surface area (Å²) in [6.45, 7) is 0.306. The molecule has 1 rings (SSSR count). The molecule has 0 aliphatic heterocycles. The van der Waals surface area contributed by atoms with Crippen molar-refractivity contribution in [3.63, 3.8) is 0 Å². The van der Waals surface area contributed by atoms with Gasteiger partial charge in [0.15, 0.2) is 0 Å². The number of methoxy groups -OCH3 is 1. The average molecular weight is 182 g/mol. The van der Waals surface area contributed by atoms with Crippen molar-refractivity contribution in [3.05, 3.63) is 29.8 Å². The molecule has 1 atom stereocenters. The van der Waals surface area contributed by atoms with E-state index >= 15 is 0 Å². The SMILES string of the molecule is COc1ccccc1C(O)CNN. The Kier molecular flexibility index (Phi) is 3.70. The van der Waals surface area contributed by atoms with E-state index in [1.54, 1.807) is 19.2 Å². The van der Waals surface area contributed by atoms with Gasteiger partial charge in [0, 0.05) is 12.1 Å². The van der Waals surface area contributed by atoms with Crippen LogP contribution in [0.2, 0.25) is 0 Å². The molecule has 0 aliphatic carbocycles. The van der Waals surface area contributed by atoms with Crippen LogP contribution in [0.15, 0.2) is 24.3 Å². The van der Waals surface area contributed by atoms with Crippen LogP contribution in [-0.4, -0.2) is 18.8 Å². The van der Waals surface area contributed by atoms with E-state index < -0.39 is 6.10 Å². The van der Waals surface area contributed by atoms with Crippen molar-refractivity contribution >= 4 is 0 Å². The van der Waals surface area contributed by atoms with Crippen LogP contribution in [0.25, 0.3) is 0 Å². The first-order valence-electron chi connectivity index (χ1n) is 4.04. The number of ether oxygens (including phenoxy) is 1. The molecule has 4 nitrogen and oxygen atoms in total. The molecule has 1 aromatic rings. The zero-order valence-corrected chi connectivity index (χ0v) is 7.53. The normalized spacial score (nSPS) is 12.5. The lowest BCUT2D eigenvalue weighted by Crippen LogP contribution is -2.27. The standard InChI is InChI=1S/C9H14N2O2/c1-13-9-5-3-2-4-7(9)8(12)6-11-10/h2-5,8,11-12H,6,10H2,1H3. The van der Waals surface area contributed by atoms with Crippen LogP contribution in [0.1, 0.15) is 11.7 Å². The predicted octanol–water partition coefficient (Wildman–Crippen LogP) is 0.192. The van der Waals surface area contributed by atoms with E-state index in [4.69, 9.17) is 10.6 Å². The van der Waals surface area contributed by atoms with Gasteiger partial charge in [-0.1, -0.05) is 18.2 Å². The molecule has 0 spiro atoms. The molecule has 0 saturated heterocycles. The maximum absolute atomic E-state index is 9.61. The average Bonchev–Trinajstić information content (AvgIpc) is 2.18. The van der Waals surface area contributed by atoms with Gasteiger partial charge in [0.1, 0.15) is 5.75 Å². The minimum Gasteiger partial charge on any atom is -0.496 e. The zero-order chi connectivity index (χ0) is 9.68. The third kappa shape index (κ3) is 2.42. The number of rotatable bonds is 4. The number of benzene rings is 1. The number of aliphatic hydroxyl groups excluding tert-OH is 1. The van der Waals surface area contributed by atoms with Gasteiger partial charge in [-0.25, -0.2) is 0 Å². The second kappa shape index (κ2) is 4.81. The van der Waals surface area contributed by atoms with Gasteiger partial charge in [0.25, 0.3) is 0 Å². The summed E-state index contributed by atoms with van der Waals surface area (Å²) in [4.78, 5) is 0. The summed E-state index contributed by atoms with van der Waals surface area (Å²) in [6, 6.07) is 7.30. The molecular formula is C9H14N2O2. The number of hydrazine groups is 1. The number of hydrogen-bond acceptors (Lipinski definition) is 4. The molecule has 1 aromatic carbocycles. The molecule has 1 unspecified atom stereocenters. The van der Waals surface area contributed by atoms with Crippen LogP contribution in [0.4, 0.5) is 0 Å². The molecule has 0 aliphatic rings. The first-order valence-corrected chi connectivity index (χ1v) is 4.04. The van der Waals surface area contributed by atoms with Crippen molar-refractivity contribution in [3.8, 4) is 5.75 Å². The molecule has 0 heterocycles. The lowest BCUT2D eigenvalue weighted by molar-refractivity contribution is 0.171. The largest absolute Gasteiger partial charge is 0.496 e. The van der Waals surface area contributed by atoms with Crippen LogP contribution in [0.3, 0.4) is 0 Å². The van der Waals surface area contributed by atoms with Crippen LogP contribution in [-0.2, 0) is 0 Å². The lowest BCUT2D eigenvalue weighted by Gasteiger charge is -2.13. The molecule has 0 aromatic heterocycles.